The van der Waals surface area contributed by atoms with E-state index in [1.165, 1.54) is 6.42 Å². The van der Waals surface area contributed by atoms with Gasteiger partial charge in [-0.2, -0.15) is 5.26 Å². The van der Waals surface area contributed by atoms with Crippen LogP contribution in [0.1, 0.15) is 24.2 Å². The summed E-state index contributed by atoms with van der Waals surface area (Å²) in [6.45, 7) is 0. The van der Waals surface area contributed by atoms with Crippen molar-refractivity contribution < 1.29 is 0 Å². The molecule has 3 rings (SSSR count). The summed E-state index contributed by atoms with van der Waals surface area (Å²) in [5.41, 5.74) is 10.3. The van der Waals surface area contributed by atoms with E-state index in [0.29, 0.717) is 5.69 Å². The number of hydrogen-bond donors (Lipinski definition) is 1. The summed E-state index contributed by atoms with van der Waals surface area (Å²) in [5.74, 6) is 0. The molecule has 1 aliphatic rings. The van der Waals surface area contributed by atoms with Crippen molar-refractivity contribution in [1.29, 1.82) is 5.26 Å². The number of nitrogens with two attached hydrogens (primary N) is 1. The van der Waals surface area contributed by atoms with Crippen molar-refractivity contribution >= 4 is 28.5 Å². The van der Waals surface area contributed by atoms with Crippen LogP contribution in [0.3, 0.4) is 0 Å². The van der Waals surface area contributed by atoms with Gasteiger partial charge in [-0.25, -0.2) is 9.97 Å². The molecule has 0 amide bonds. The van der Waals surface area contributed by atoms with E-state index < -0.39 is 0 Å². The number of aromatic nitrogens is 2. The highest BCUT2D eigenvalue weighted by Crippen LogP contribution is 2.32. The standard InChI is InChI=1S/C13H12N4S/c14-7-18-13-8(15)5-6-11-12(13)17-10-4-2-1-3-9(10)16-11/h5-6H,1-4,15H2. The molecule has 1 heterocycles. The lowest BCUT2D eigenvalue weighted by atomic mass is 10.0. The number of aryl methyl sites for hydroxylation is 2. The Balaban J connectivity index is 2.27. The number of thiocyanates is 1. The zero-order chi connectivity index (χ0) is 12.5. The van der Waals surface area contributed by atoms with Gasteiger partial charge in [-0.1, -0.05) is 0 Å². The molecule has 18 heavy (non-hydrogen) atoms. The fourth-order valence-corrected chi connectivity index (χ4v) is 2.85. The van der Waals surface area contributed by atoms with Gasteiger partial charge in [0, 0.05) is 5.69 Å². The average molecular weight is 256 g/mol. The lowest BCUT2D eigenvalue weighted by Gasteiger charge is -2.15. The molecule has 0 unspecified atom stereocenters. The van der Waals surface area contributed by atoms with Gasteiger partial charge in [0.15, 0.2) is 0 Å². The Bertz CT molecular complexity index is 660. The van der Waals surface area contributed by atoms with Crippen LogP contribution in [0.4, 0.5) is 5.69 Å². The third-order valence-corrected chi connectivity index (χ3v) is 3.93. The molecular weight excluding hydrogens is 244 g/mol. The summed E-state index contributed by atoms with van der Waals surface area (Å²) >= 11 is 1.06. The molecule has 5 heteroatoms. The fourth-order valence-electron chi connectivity index (χ4n) is 2.32. The first-order valence-electron chi connectivity index (χ1n) is 5.93. The topological polar surface area (TPSA) is 75.6 Å². The van der Waals surface area contributed by atoms with Crippen molar-refractivity contribution in [1.82, 2.24) is 9.97 Å². The number of rotatable bonds is 1. The van der Waals surface area contributed by atoms with E-state index in [2.05, 4.69) is 15.4 Å². The smallest absolute Gasteiger partial charge is 0.138 e. The lowest BCUT2D eigenvalue weighted by Crippen LogP contribution is -2.08. The summed E-state index contributed by atoms with van der Waals surface area (Å²) in [4.78, 5) is 10.1. The van der Waals surface area contributed by atoms with Crippen LogP contribution in [0.2, 0.25) is 0 Å². The fraction of sp³-hybridized carbons (Fsp3) is 0.308. The normalized spacial score (nSPS) is 14.2. The Morgan fingerprint density at radius 1 is 1.17 bits per heavy atom. The summed E-state index contributed by atoms with van der Waals surface area (Å²) < 4.78 is 0. The Kier molecular flexibility index (Phi) is 2.80. The predicted molar refractivity (Wildman–Crippen MR) is 72.1 cm³/mol. The van der Waals surface area contributed by atoms with E-state index in [-0.39, 0.29) is 0 Å². The third kappa shape index (κ3) is 1.79. The van der Waals surface area contributed by atoms with E-state index in [4.69, 9.17) is 11.0 Å². The third-order valence-electron chi connectivity index (χ3n) is 3.20. The molecule has 0 bridgehead atoms. The molecule has 4 nitrogen and oxygen atoms in total. The number of benzene rings is 1. The van der Waals surface area contributed by atoms with Crippen LogP contribution in [-0.4, -0.2) is 9.97 Å². The monoisotopic (exact) mass is 256 g/mol. The molecule has 90 valence electrons. The minimum absolute atomic E-state index is 0.596. The molecule has 0 saturated carbocycles. The van der Waals surface area contributed by atoms with Gasteiger partial charge in [0.2, 0.25) is 0 Å². The molecule has 1 aromatic heterocycles. The maximum absolute atomic E-state index is 8.85. The predicted octanol–water partition coefficient (Wildman–Crippen LogP) is 2.66. The lowest BCUT2D eigenvalue weighted by molar-refractivity contribution is 0.654. The van der Waals surface area contributed by atoms with Crippen LogP contribution >= 0.6 is 11.8 Å². The van der Waals surface area contributed by atoms with Gasteiger partial charge in [0.05, 0.1) is 21.8 Å². The van der Waals surface area contributed by atoms with Gasteiger partial charge in [-0.05, 0) is 49.6 Å². The van der Waals surface area contributed by atoms with Gasteiger partial charge in [0.1, 0.15) is 10.9 Å². The zero-order valence-corrected chi connectivity index (χ0v) is 10.6. The molecule has 1 aromatic carbocycles. The molecular formula is C13H12N4S. The molecule has 1 aliphatic carbocycles. The van der Waals surface area contributed by atoms with Crippen molar-refractivity contribution in [3.63, 3.8) is 0 Å². The number of fused-ring (bicyclic) bond motifs is 2. The first-order chi connectivity index (χ1) is 8.79. The maximum atomic E-state index is 8.85. The largest absolute Gasteiger partial charge is 0.398 e. The number of nitrogens with zero attached hydrogens (tertiary/aromatic N) is 3. The molecule has 0 spiro atoms. The molecule has 2 aromatic rings. The highest BCUT2D eigenvalue weighted by Gasteiger charge is 2.16. The minimum atomic E-state index is 0.596. The molecule has 2 N–H and O–H groups in total. The van der Waals surface area contributed by atoms with E-state index >= 15 is 0 Å². The second-order valence-electron chi connectivity index (χ2n) is 4.37. The number of anilines is 1. The van der Waals surface area contributed by atoms with Crippen LogP contribution in [-0.2, 0) is 12.8 Å². The number of nitriles is 1. The molecule has 0 radical (unpaired) electrons. The van der Waals surface area contributed by atoms with Crippen molar-refractivity contribution in [3.8, 4) is 5.40 Å². The van der Waals surface area contributed by atoms with Gasteiger partial charge in [0.25, 0.3) is 0 Å². The SMILES string of the molecule is N#CSc1c(N)ccc2nc3c(nc12)CCCC3. The highest BCUT2D eigenvalue weighted by atomic mass is 32.2. The Labute approximate surface area is 109 Å². The molecule has 0 fully saturated rings. The van der Waals surface area contributed by atoms with Crippen LogP contribution in [0.5, 0.6) is 0 Å². The van der Waals surface area contributed by atoms with E-state index in [1.807, 2.05) is 6.07 Å². The molecule has 0 aliphatic heterocycles. The van der Waals surface area contributed by atoms with E-state index in [9.17, 15) is 0 Å². The van der Waals surface area contributed by atoms with Crippen molar-refractivity contribution in [2.75, 3.05) is 5.73 Å². The second kappa shape index (κ2) is 4.46. The number of hydrogen-bond acceptors (Lipinski definition) is 5. The number of thioether (sulfide) groups is 1. The summed E-state index contributed by atoms with van der Waals surface area (Å²) in [6, 6.07) is 3.68. The van der Waals surface area contributed by atoms with Crippen molar-refractivity contribution in [3.05, 3.63) is 23.5 Å². The van der Waals surface area contributed by atoms with Gasteiger partial charge in [-0.15, -0.1) is 0 Å². The van der Waals surface area contributed by atoms with Crippen LogP contribution in [0, 0.1) is 10.7 Å². The average Bonchev–Trinajstić information content (AvgIpc) is 2.40. The first-order valence-corrected chi connectivity index (χ1v) is 6.75. The van der Waals surface area contributed by atoms with Gasteiger partial charge < -0.3 is 5.73 Å². The van der Waals surface area contributed by atoms with Gasteiger partial charge >= 0.3 is 0 Å². The van der Waals surface area contributed by atoms with Crippen LogP contribution in [0.15, 0.2) is 17.0 Å². The number of nitrogen functional groups attached to an aromatic ring is 1. The second-order valence-corrected chi connectivity index (χ2v) is 5.16. The molecule has 0 saturated heterocycles. The Morgan fingerprint density at radius 3 is 2.61 bits per heavy atom. The van der Waals surface area contributed by atoms with Gasteiger partial charge in [-0.3, -0.25) is 0 Å². The molecule has 0 atom stereocenters. The maximum Gasteiger partial charge on any atom is 0.138 e. The Hall–Kier alpha value is -1.80. The summed E-state index contributed by atoms with van der Waals surface area (Å²) in [5, 5.41) is 10.9. The summed E-state index contributed by atoms with van der Waals surface area (Å²) in [7, 11) is 0. The highest BCUT2D eigenvalue weighted by molar-refractivity contribution is 8.04. The van der Waals surface area contributed by atoms with Crippen LogP contribution < -0.4 is 5.73 Å². The minimum Gasteiger partial charge on any atom is -0.398 e. The quantitative estimate of drug-likeness (QED) is 0.482. The summed E-state index contributed by atoms with van der Waals surface area (Å²) in [6.07, 6.45) is 4.32. The van der Waals surface area contributed by atoms with E-state index in [1.54, 1.807) is 6.07 Å². The van der Waals surface area contributed by atoms with Crippen molar-refractivity contribution in [2.45, 2.75) is 30.6 Å². The Morgan fingerprint density at radius 2 is 1.89 bits per heavy atom. The van der Waals surface area contributed by atoms with E-state index in [0.717, 1.165) is 58.3 Å². The first kappa shape index (κ1) is 11.3. The van der Waals surface area contributed by atoms with Crippen molar-refractivity contribution in [2.24, 2.45) is 0 Å². The zero-order valence-electron chi connectivity index (χ0n) is 9.81. The van der Waals surface area contributed by atoms with Crippen LogP contribution in [0.25, 0.3) is 11.0 Å².